The molecule has 4 nitrogen and oxygen atoms in total. The van der Waals surface area contributed by atoms with Crippen molar-refractivity contribution in [2.24, 2.45) is 0 Å². The second kappa shape index (κ2) is 6.76. The molecule has 128 valence electrons. The lowest BCUT2D eigenvalue weighted by Crippen LogP contribution is -2.05. The Balaban J connectivity index is 1.90. The molecule has 25 heavy (non-hydrogen) atoms. The van der Waals surface area contributed by atoms with Gasteiger partial charge in [0.1, 0.15) is 34.8 Å². The van der Waals surface area contributed by atoms with Crippen molar-refractivity contribution in [2.45, 2.75) is 6.92 Å². The summed E-state index contributed by atoms with van der Waals surface area (Å²) in [6, 6.07) is 7.95. The van der Waals surface area contributed by atoms with E-state index >= 15 is 0 Å². The molecule has 2 N–H and O–H groups in total. The molecule has 0 bridgehead atoms. The van der Waals surface area contributed by atoms with Crippen molar-refractivity contribution in [3.63, 3.8) is 0 Å². The van der Waals surface area contributed by atoms with Crippen molar-refractivity contribution in [1.82, 2.24) is 9.97 Å². The number of rotatable bonds is 4. The Labute approximate surface area is 140 Å². The van der Waals surface area contributed by atoms with E-state index in [1.165, 1.54) is 18.2 Å². The zero-order valence-corrected chi connectivity index (χ0v) is 12.9. The predicted molar refractivity (Wildman–Crippen MR) is 86.1 cm³/mol. The topological polar surface area (TPSA) is 49.8 Å². The van der Waals surface area contributed by atoms with Gasteiger partial charge in [-0.3, -0.25) is 0 Å². The van der Waals surface area contributed by atoms with Gasteiger partial charge < -0.3 is 10.6 Å². The molecule has 3 rings (SSSR count). The van der Waals surface area contributed by atoms with Crippen LogP contribution in [-0.4, -0.2) is 9.97 Å². The third kappa shape index (κ3) is 3.85. The number of aromatic nitrogens is 2. The lowest BCUT2D eigenvalue weighted by Gasteiger charge is -2.11. The number of nitrogens with zero attached hydrogens (tertiary/aromatic N) is 2. The highest BCUT2D eigenvalue weighted by atomic mass is 19.1. The molecule has 2 aromatic carbocycles. The quantitative estimate of drug-likeness (QED) is 0.663. The summed E-state index contributed by atoms with van der Waals surface area (Å²) in [6.07, 6.45) is 0. The van der Waals surface area contributed by atoms with Crippen LogP contribution in [0, 0.1) is 30.2 Å². The van der Waals surface area contributed by atoms with E-state index in [1.54, 1.807) is 6.92 Å². The highest BCUT2D eigenvalue weighted by Crippen LogP contribution is 2.24. The Morgan fingerprint density at radius 1 is 0.800 bits per heavy atom. The van der Waals surface area contributed by atoms with Crippen molar-refractivity contribution < 1.29 is 17.6 Å². The summed E-state index contributed by atoms with van der Waals surface area (Å²) >= 11 is 0. The number of aryl methyl sites for hydroxylation is 1. The average molecular weight is 348 g/mol. The summed E-state index contributed by atoms with van der Waals surface area (Å²) in [7, 11) is 0. The van der Waals surface area contributed by atoms with Crippen LogP contribution in [0.4, 0.5) is 40.7 Å². The maximum atomic E-state index is 13.7. The second-order valence-corrected chi connectivity index (χ2v) is 5.19. The highest BCUT2D eigenvalue weighted by molar-refractivity contribution is 5.61. The Kier molecular flexibility index (Phi) is 4.51. The van der Waals surface area contributed by atoms with Crippen LogP contribution in [0.25, 0.3) is 0 Å². The molecule has 8 heteroatoms. The van der Waals surface area contributed by atoms with Crippen LogP contribution in [0.5, 0.6) is 0 Å². The van der Waals surface area contributed by atoms with Crippen LogP contribution in [0.1, 0.15) is 5.69 Å². The molecule has 0 spiro atoms. The van der Waals surface area contributed by atoms with Crippen LogP contribution in [-0.2, 0) is 0 Å². The zero-order valence-electron chi connectivity index (χ0n) is 12.9. The van der Waals surface area contributed by atoms with E-state index in [9.17, 15) is 17.6 Å². The minimum Gasteiger partial charge on any atom is -0.338 e. The van der Waals surface area contributed by atoms with Gasteiger partial charge >= 0.3 is 0 Å². The molecule has 0 radical (unpaired) electrons. The van der Waals surface area contributed by atoms with Gasteiger partial charge in [0.05, 0.1) is 5.69 Å². The fourth-order valence-corrected chi connectivity index (χ4v) is 2.15. The second-order valence-electron chi connectivity index (χ2n) is 5.19. The Morgan fingerprint density at radius 3 is 2.20 bits per heavy atom. The number of hydrogen-bond donors (Lipinski definition) is 2. The van der Waals surface area contributed by atoms with E-state index in [4.69, 9.17) is 0 Å². The van der Waals surface area contributed by atoms with E-state index < -0.39 is 29.0 Å². The molecular weight excluding hydrogens is 336 g/mol. The first-order valence-corrected chi connectivity index (χ1v) is 7.21. The summed E-state index contributed by atoms with van der Waals surface area (Å²) in [5, 5.41) is 5.14. The van der Waals surface area contributed by atoms with Gasteiger partial charge in [-0.1, -0.05) is 6.07 Å². The molecular formula is C17H12F4N4. The first-order chi connectivity index (χ1) is 11.9. The van der Waals surface area contributed by atoms with E-state index in [2.05, 4.69) is 20.6 Å². The summed E-state index contributed by atoms with van der Waals surface area (Å²) in [5.74, 6) is -3.01. The molecule has 0 aliphatic rings. The average Bonchev–Trinajstić information content (AvgIpc) is 2.53. The van der Waals surface area contributed by atoms with E-state index in [0.717, 1.165) is 24.3 Å². The molecule has 0 saturated heterocycles. The van der Waals surface area contributed by atoms with Gasteiger partial charge in [-0.05, 0) is 31.2 Å². The Morgan fingerprint density at radius 2 is 1.52 bits per heavy atom. The van der Waals surface area contributed by atoms with Crippen LogP contribution in [0.3, 0.4) is 0 Å². The largest absolute Gasteiger partial charge is 0.338 e. The van der Waals surface area contributed by atoms with Crippen LogP contribution < -0.4 is 10.6 Å². The van der Waals surface area contributed by atoms with Crippen LogP contribution in [0.15, 0.2) is 42.5 Å². The molecule has 1 heterocycles. The third-order valence-corrected chi connectivity index (χ3v) is 3.25. The molecule has 0 atom stereocenters. The summed E-state index contributed by atoms with van der Waals surface area (Å²) in [5.41, 5.74) is 0.0776. The minimum absolute atomic E-state index is 0.00234. The maximum Gasteiger partial charge on any atom is 0.229 e. The number of anilines is 4. The van der Waals surface area contributed by atoms with Gasteiger partial charge in [-0.15, -0.1) is 0 Å². The van der Waals surface area contributed by atoms with E-state index in [-0.39, 0.29) is 17.5 Å². The van der Waals surface area contributed by atoms with Gasteiger partial charge in [0.25, 0.3) is 0 Å². The monoisotopic (exact) mass is 348 g/mol. The molecule has 0 saturated carbocycles. The van der Waals surface area contributed by atoms with Crippen molar-refractivity contribution in [3.05, 3.63) is 71.4 Å². The number of hydrogen-bond acceptors (Lipinski definition) is 4. The highest BCUT2D eigenvalue weighted by Gasteiger charge is 2.12. The SMILES string of the molecule is Cc1cc(Nc2ccc(F)cc2F)nc(Nc2c(F)cccc2F)n1. The molecule has 1 aromatic heterocycles. The molecule has 3 aromatic rings. The summed E-state index contributed by atoms with van der Waals surface area (Å²) < 4.78 is 54.1. The maximum absolute atomic E-state index is 13.7. The first kappa shape index (κ1) is 16.7. The fourth-order valence-electron chi connectivity index (χ4n) is 2.15. The van der Waals surface area contributed by atoms with Gasteiger partial charge in [-0.2, -0.15) is 4.98 Å². The van der Waals surface area contributed by atoms with Crippen LogP contribution in [0.2, 0.25) is 0 Å². The molecule has 0 aliphatic heterocycles. The van der Waals surface area contributed by atoms with Crippen molar-refractivity contribution in [2.75, 3.05) is 10.6 Å². The first-order valence-electron chi connectivity index (χ1n) is 7.21. The number of para-hydroxylation sites is 1. The minimum atomic E-state index is -0.802. The lowest BCUT2D eigenvalue weighted by molar-refractivity contribution is 0.586. The lowest BCUT2D eigenvalue weighted by atomic mass is 10.3. The van der Waals surface area contributed by atoms with Gasteiger partial charge in [0.2, 0.25) is 5.95 Å². The van der Waals surface area contributed by atoms with Crippen molar-refractivity contribution >= 4 is 23.1 Å². The molecule has 0 aliphatic carbocycles. The van der Waals surface area contributed by atoms with Crippen LogP contribution >= 0.6 is 0 Å². The summed E-state index contributed by atoms with van der Waals surface area (Å²) in [4.78, 5) is 8.08. The number of benzene rings is 2. The normalized spacial score (nSPS) is 10.6. The smallest absolute Gasteiger partial charge is 0.229 e. The standard InChI is InChI=1S/C17H12F4N4/c1-9-7-15(23-14-6-5-10(18)8-13(14)21)24-17(22-9)25-16-11(19)3-2-4-12(16)20/h2-8H,1H3,(H2,22,23,24,25). The Bertz CT molecular complexity index is 910. The summed E-state index contributed by atoms with van der Waals surface area (Å²) in [6.45, 7) is 1.64. The number of nitrogens with one attached hydrogen (secondary N) is 2. The van der Waals surface area contributed by atoms with Crippen molar-refractivity contribution in [1.29, 1.82) is 0 Å². The third-order valence-electron chi connectivity index (χ3n) is 3.25. The predicted octanol–water partition coefficient (Wildman–Crippen LogP) is 4.83. The van der Waals surface area contributed by atoms with Gasteiger partial charge in [-0.25, -0.2) is 22.5 Å². The van der Waals surface area contributed by atoms with E-state index in [1.807, 2.05) is 0 Å². The van der Waals surface area contributed by atoms with Gasteiger partial charge in [0.15, 0.2) is 0 Å². The molecule has 0 fully saturated rings. The Hall–Kier alpha value is -3.16. The van der Waals surface area contributed by atoms with E-state index in [0.29, 0.717) is 5.69 Å². The fraction of sp³-hybridized carbons (Fsp3) is 0.0588. The van der Waals surface area contributed by atoms with Gasteiger partial charge in [0, 0.05) is 17.8 Å². The number of halogens is 4. The zero-order chi connectivity index (χ0) is 18.0. The van der Waals surface area contributed by atoms with Crippen molar-refractivity contribution in [3.8, 4) is 0 Å². The molecule has 0 unspecified atom stereocenters. The molecule has 0 amide bonds.